The lowest BCUT2D eigenvalue weighted by molar-refractivity contribution is 0.413. The predicted molar refractivity (Wildman–Crippen MR) is 66.3 cm³/mol. The van der Waals surface area contributed by atoms with Crippen LogP contribution in [0.15, 0.2) is 12.1 Å². The molecule has 1 saturated heterocycles. The van der Waals surface area contributed by atoms with Gasteiger partial charge in [0.2, 0.25) is 0 Å². The third-order valence-corrected chi connectivity index (χ3v) is 3.06. The molecule has 0 spiro atoms. The second-order valence-electron chi connectivity index (χ2n) is 4.64. The number of hydrogen-bond acceptors (Lipinski definition) is 3. The van der Waals surface area contributed by atoms with E-state index in [0.717, 1.165) is 30.4 Å². The van der Waals surface area contributed by atoms with Crippen LogP contribution in [0.5, 0.6) is 5.75 Å². The summed E-state index contributed by atoms with van der Waals surface area (Å²) in [6, 6.07) is 4.07. The highest BCUT2D eigenvalue weighted by Crippen LogP contribution is 2.26. The Bertz CT molecular complexity index is 357. The zero-order valence-electron chi connectivity index (χ0n) is 10.4. The lowest BCUT2D eigenvalue weighted by atomic mass is 10.1. The Morgan fingerprint density at radius 3 is 2.50 bits per heavy atom. The Balaban J connectivity index is 2.32. The average Bonchev–Trinajstić information content (AvgIpc) is 2.81. The van der Waals surface area contributed by atoms with Crippen LogP contribution in [0.1, 0.15) is 38.3 Å². The molecule has 0 aliphatic carbocycles. The molecule has 0 atom stereocenters. The second kappa shape index (κ2) is 4.73. The van der Waals surface area contributed by atoms with Crippen LogP contribution in [0.25, 0.3) is 0 Å². The zero-order valence-corrected chi connectivity index (χ0v) is 10.4. The molecule has 0 N–H and O–H groups in total. The Kier molecular flexibility index (Phi) is 3.32. The lowest BCUT2D eigenvalue weighted by Gasteiger charge is -2.19. The maximum atomic E-state index is 5.34. The van der Waals surface area contributed by atoms with Crippen LogP contribution in [0, 0.1) is 0 Å². The van der Waals surface area contributed by atoms with Crippen LogP contribution >= 0.6 is 0 Å². The van der Waals surface area contributed by atoms with Crippen molar-refractivity contribution >= 4 is 5.82 Å². The van der Waals surface area contributed by atoms with Gasteiger partial charge in [-0.3, -0.25) is 0 Å². The first-order chi connectivity index (χ1) is 7.70. The van der Waals surface area contributed by atoms with E-state index in [1.165, 1.54) is 12.8 Å². The number of ether oxygens (including phenoxy) is 1. The summed E-state index contributed by atoms with van der Waals surface area (Å²) in [6.45, 7) is 6.57. The summed E-state index contributed by atoms with van der Waals surface area (Å²) in [5.41, 5.74) is 1.11. The molecule has 88 valence electrons. The number of aromatic nitrogens is 1. The molecule has 0 saturated carbocycles. The van der Waals surface area contributed by atoms with Gasteiger partial charge in [-0.05, 0) is 18.8 Å². The molecule has 16 heavy (non-hydrogen) atoms. The molecule has 0 unspecified atom stereocenters. The highest BCUT2D eigenvalue weighted by Gasteiger charge is 2.16. The van der Waals surface area contributed by atoms with Crippen LogP contribution in [0.4, 0.5) is 5.82 Å². The van der Waals surface area contributed by atoms with Crippen LogP contribution in [0.3, 0.4) is 0 Å². The molecule has 1 aromatic rings. The molecule has 1 aliphatic rings. The number of rotatable bonds is 3. The van der Waals surface area contributed by atoms with Gasteiger partial charge in [-0.15, -0.1) is 0 Å². The minimum Gasteiger partial charge on any atom is -0.497 e. The SMILES string of the molecule is COc1cc(C(C)C)nc(N2CCCC2)c1. The topological polar surface area (TPSA) is 25.4 Å². The van der Waals surface area contributed by atoms with E-state index >= 15 is 0 Å². The Hall–Kier alpha value is -1.25. The third kappa shape index (κ3) is 2.29. The monoisotopic (exact) mass is 220 g/mol. The van der Waals surface area contributed by atoms with Crippen LogP contribution < -0.4 is 9.64 Å². The summed E-state index contributed by atoms with van der Waals surface area (Å²) >= 11 is 0. The highest BCUT2D eigenvalue weighted by atomic mass is 16.5. The van der Waals surface area contributed by atoms with Crippen molar-refractivity contribution in [2.75, 3.05) is 25.1 Å². The van der Waals surface area contributed by atoms with Crippen LogP contribution in [-0.4, -0.2) is 25.2 Å². The first kappa shape index (κ1) is 11.2. The fraction of sp³-hybridized carbons (Fsp3) is 0.615. The fourth-order valence-corrected chi connectivity index (χ4v) is 2.03. The van der Waals surface area contributed by atoms with E-state index in [1.54, 1.807) is 7.11 Å². The van der Waals surface area contributed by atoms with E-state index < -0.39 is 0 Å². The number of methoxy groups -OCH3 is 1. The second-order valence-corrected chi connectivity index (χ2v) is 4.64. The van der Waals surface area contributed by atoms with Gasteiger partial charge >= 0.3 is 0 Å². The van der Waals surface area contributed by atoms with Crippen molar-refractivity contribution in [3.05, 3.63) is 17.8 Å². The predicted octanol–water partition coefficient (Wildman–Crippen LogP) is 2.81. The first-order valence-corrected chi connectivity index (χ1v) is 6.01. The van der Waals surface area contributed by atoms with Crippen LogP contribution in [0.2, 0.25) is 0 Å². The normalized spacial score (nSPS) is 15.9. The van der Waals surface area contributed by atoms with Gasteiger partial charge in [0.15, 0.2) is 0 Å². The number of hydrogen-bond donors (Lipinski definition) is 0. The summed E-state index contributed by atoms with van der Waals surface area (Å²) in [7, 11) is 1.72. The first-order valence-electron chi connectivity index (χ1n) is 6.01. The maximum absolute atomic E-state index is 5.34. The van der Waals surface area contributed by atoms with Gasteiger partial charge in [0, 0.05) is 30.9 Å². The Labute approximate surface area is 97.4 Å². The molecule has 3 nitrogen and oxygen atoms in total. The standard InChI is InChI=1S/C13H20N2O/c1-10(2)12-8-11(16-3)9-13(14-12)15-6-4-5-7-15/h8-10H,4-7H2,1-3H3. The smallest absolute Gasteiger partial charge is 0.132 e. The molecule has 0 radical (unpaired) electrons. The van der Waals surface area contributed by atoms with Gasteiger partial charge in [0.1, 0.15) is 11.6 Å². The van der Waals surface area contributed by atoms with E-state index in [1.807, 2.05) is 12.1 Å². The van der Waals surface area contributed by atoms with E-state index in [4.69, 9.17) is 9.72 Å². The Morgan fingerprint density at radius 1 is 1.25 bits per heavy atom. The summed E-state index contributed by atoms with van der Waals surface area (Å²) < 4.78 is 5.34. The number of pyridine rings is 1. The summed E-state index contributed by atoms with van der Waals surface area (Å²) in [6.07, 6.45) is 2.55. The molecule has 0 amide bonds. The fourth-order valence-electron chi connectivity index (χ4n) is 2.03. The van der Waals surface area contributed by atoms with Crippen molar-refractivity contribution in [3.63, 3.8) is 0 Å². The molecule has 2 rings (SSSR count). The quantitative estimate of drug-likeness (QED) is 0.783. The molecule has 1 aliphatic heterocycles. The van der Waals surface area contributed by atoms with E-state index in [2.05, 4.69) is 18.7 Å². The molecule has 1 fully saturated rings. The maximum Gasteiger partial charge on any atom is 0.132 e. The van der Waals surface area contributed by atoms with Gasteiger partial charge in [-0.2, -0.15) is 0 Å². The van der Waals surface area contributed by atoms with E-state index in [0.29, 0.717) is 5.92 Å². The molecular formula is C13H20N2O. The molecule has 1 aromatic heterocycles. The lowest BCUT2D eigenvalue weighted by Crippen LogP contribution is -2.19. The van der Waals surface area contributed by atoms with Crippen molar-refractivity contribution in [1.82, 2.24) is 4.98 Å². The molecule has 0 aromatic carbocycles. The summed E-state index contributed by atoms with van der Waals surface area (Å²) in [4.78, 5) is 7.05. The van der Waals surface area contributed by atoms with Crippen molar-refractivity contribution in [1.29, 1.82) is 0 Å². The van der Waals surface area contributed by atoms with Crippen molar-refractivity contribution in [3.8, 4) is 5.75 Å². The van der Waals surface area contributed by atoms with Gasteiger partial charge in [-0.1, -0.05) is 13.8 Å². The van der Waals surface area contributed by atoms with Crippen molar-refractivity contribution < 1.29 is 4.74 Å². The largest absolute Gasteiger partial charge is 0.497 e. The summed E-state index contributed by atoms with van der Waals surface area (Å²) in [5, 5.41) is 0. The Morgan fingerprint density at radius 2 is 1.94 bits per heavy atom. The van der Waals surface area contributed by atoms with Crippen molar-refractivity contribution in [2.45, 2.75) is 32.6 Å². The molecule has 3 heteroatoms. The van der Waals surface area contributed by atoms with E-state index in [9.17, 15) is 0 Å². The highest BCUT2D eigenvalue weighted by molar-refractivity contribution is 5.46. The minimum absolute atomic E-state index is 0.441. The van der Waals surface area contributed by atoms with Gasteiger partial charge in [0.25, 0.3) is 0 Å². The van der Waals surface area contributed by atoms with Crippen LogP contribution in [-0.2, 0) is 0 Å². The molecular weight excluding hydrogens is 200 g/mol. The molecule has 2 heterocycles. The van der Waals surface area contributed by atoms with Gasteiger partial charge < -0.3 is 9.64 Å². The van der Waals surface area contributed by atoms with Gasteiger partial charge in [-0.25, -0.2) is 4.98 Å². The van der Waals surface area contributed by atoms with Gasteiger partial charge in [0.05, 0.1) is 7.11 Å². The summed E-state index contributed by atoms with van der Waals surface area (Å²) in [5.74, 6) is 2.43. The minimum atomic E-state index is 0.441. The number of nitrogens with zero attached hydrogens (tertiary/aromatic N) is 2. The average molecular weight is 220 g/mol. The zero-order chi connectivity index (χ0) is 11.5. The van der Waals surface area contributed by atoms with E-state index in [-0.39, 0.29) is 0 Å². The number of anilines is 1. The van der Waals surface area contributed by atoms with Crippen molar-refractivity contribution in [2.24, 2.45) is 0 Å². The third-order valence-electron chi connectivity index (χ3n) is 3.06. The molecule has 0 bridgehead atoms.